The Kier molecular flexibility index (Phi) is 4.07. The molecule has 2 aromatic rings. The number of hydrogen-bond acceptors (Lipinski definition) is 8. The predicted octanol–water partition coefficient (Wildman–Crippen LogP) is 1.21. The van der Waals surface area contributed by atoms with Crippen molar-refractivity contribution >= 4 is 34.4 Å². The Morgan fingerprint density at radius 2 is 2.19 bits per heavy atom. The summed E-state index contributed by atoms with van der Waals surface area (Å²) in [5, 5.41) is 7.11. The van der Waals surface area contributed by atoms with Crippen LogP contribution in [0.3, 0.4) is 0 Å². The lowest BCUT2D eigenvalue weighted by atomic mass is 10.3. The van der Waals surface area contributed by atoms with E-state index in [0.717, 1.165) is 38.3 Å². The van der Waals surface area contributed by atoms with E-state index in [4.69, 9.17) is 0 Å². The first-order chi connectivity index (χ1) is 10.2. The second-order valence-corrected chi connectivity index (χ2v) is 5.77. The van der Waals surface area contributed by atoms with Gasteiger partial charge in [0.2, 0.25) is 0 Å². The summed E-state index contributed by atoms with van der Waals surface area (Å²) in [7, 11) is 0. The van der Waals surface area contributed by atoms with Crippen molar-refractivity contribution in [3.63, 3.8) is 0 Å². The number of piperazine rings is 1. The minimum absolute atomic E-state index is 0.589. The highest BCUT2D eigenvalue weighted by molar-refractivity contribution is 7.17. The molecule has 0 spiro atoms. The molecule has 0 aliphatic carbocycles. The maximum Gasteiger partial charge on any atom is 0.188 e. The molecule has 0 radical (unpaired) electrons. The fourth-order valence-corrected chi connectivity index (χ4v) is 2.82. The van der Waals surface area contributed by atoms with Crippen LogP contribution in [0.4, 0.5) is 16.8 Å². The molecule has 0 bridgehead atoms. The Morgan fingerprint density at radius 3 is 2.90 bits per heavy atom. The molecule has 2 N–H and O–H groups in total. The number of nitrogens with zero attached hydrogens (tertiary/aromatic N) is 4. The van der Waals surface area contributed by atoms with Crippen molar-refractivity contribution in [2.75, 3.05) is 36.4 Å². The standard InChI is InChI=1S/C13H16N6OS/c1-9-16-11(18-13-15-7-10(8-20)21-13)6-12(17-9)19-4-2-14-3-5-19/h6-8,14H,2-5H2,1H3,(H,15,16,17,18). The Hall–Kier alpha value is -2.06. The number of rotatable bonds is 4. The van der Waals surface area contributed by atoms with E-state index in [2.05, 4.69) is 30.5 Å². The maximum atomic E-state index is 10.7. The Morgan fingerprint density at radius 1 is 1.38 bits per heavy atom. The highest BCUT2D eigenvalue weighted by Gasteiger charge is 2.14. The number of aromatic nitrogens is 3. The molecule has 1 fully saturated rings. The number of nitrogens with one attached hydrogen (secondary N) is 2. The van der Waals surface area contributed by atoms with Gasteiger partial charge in [-0.3, -0.25) is 4.79 Å². The van der Waals surface area contributed by atoms with Crippen LogP contribution in [0, 0.1) is 6.92 Å². The first-order valence-corrected chi connectivity index (χ1v) is 7.55. The van der Waals surface area contributed by atoms with Crippen molar-refractivity contribution < 1.29 is 4.79 Å². The van der Waals surface area contributed by atoms with Crippen molar-refractivity contribution in [1.29, 1.82) is 0 Å². The molecule has 0 unspecified atom stereocenters. The van der Waals surface area contributed by atoms with Crippen LogP contribution in [0.5, 0.6) is 0 Å². The SMILES string of the molecule is Cc1nc(Nc2ncc(C=O)s2)cc(N2CCNCC2)n1. The third-order valence-electron chi connectivity index (χ3n) is 3.14. The molecular weight excluding hydrogens is 288 g/mol. The zero-order chi connectivity index (χ0) is 14.7. The third-order valence-corrected chi connectivity index (χ3v) is 3.98. The number of anilines is 3. The summed E-state index contributed by atoms with van der Waals surface area (Å²) in [6, 6.07) is 1.92. The smallest absolute Gasteiger partial charge is 0.188 e. The molecule has 0 aromatic carbocycles. The van der Waals surface area contributed by atoms with E-state index in [1.807, 2.05) is 13.0 Å². The van der Waals surface area contributed by atoms with E-state index in [1.54, 1.807) is 6.20 Å². The molecular formula is C13H16N6OS. The van der Waals surface area contributed by atoms with Crippen LogP contribution in [0.25, 0.3) is 0 Å². The fourth-order valence-electron chi connectivity index (χ4n) is 2.18. The van der Waals surface area contributed by atoms with Crippen LogP contribution in [0.15, 0.2) is 12.3 Å². The molecule has 0 atom stereocenters. The number of carbonyl (C=O) groups is 1. The monoisotopic (exact) mass is 304 g/mol. The second-order valence-electron chi connectivity index (χ2n) is 4.71. The topological polar surface area (TPSA) is 83.0 Å². The van der Waals surface area contributed by atoms with Gasteiger partial charge in [-0.25, -0.2) is 15.0 Å². The minimum atomic E-state index is 0.589. The predicted molar refractivity (Wildman–Crippen MR) is 82.6 cm³/mol. The zero-order valence-electron chi connectivity index (χ0n) is 11.7. The van der Waals surface area contributed by atoms with Crippen LogP contribution < -0.4 is 15.5 Å². The summed E-state index contributed by atoms with van der Waals surface area (Å²) in [5.74, 6) is 2.32. The van der Waals surface area contributed by atoms with Crippen molar-refractivity contribution in [1.82, 2.24) is 20.3 Å². The van der Waals surface area contributed by atoms with Gasteiger partial charge in [-0.15, -0.1) is 0 Å². The van der Waals surface area contributed by atoms with E-state index in [1.165, 1.54) is 11.3 Å². The van der Waals surface area contributed by atoms with Crippen LogP contribution in [-0.2, 0) is 0 Å². The molecule has 110 valence electrons. The lowest BCUT2D eigenvalue weighted by Crippen LogP contribution is -2.44. The number of aryl methyl sites for hydroxylation is 1. The van der Waals surface area contributed by atoms with Crippen molar-refractivity contribution in [3.05, 3.63) is 23.0 Å². The molecule has 3 heterocycles. The molecule has 1 saturated heterocycles. The Balaban J connectivity index is 1.81. The van der Waals surface area contributed by atoms with Gasteiger partial charge in [0.25, 0.3) is 0 Å². The van der Waals surface area contributed by atoms with Crippen LogP contribution in [0.1, 0.15) is 15.5 Å². The summed E-state index contributed by atoms with van der Waals surface area (Å²) >= 11 is 1.30. The molecule has 1 aliphatic rings. The highest BCUT2D eigenvalue weighted by Crippen LogP contribution is 2.23. The van der Waals surface area contributed by atoms with E-state index < -0.39 is 0 Å². The van der Waals surface area contributed by atoms with Crippen molar-refractivity contribution in [2.24, 2.45) is 0 Å². The van der Waals surface area contributed by atoms with Gasteiger partial charge in [-0.1, -0.05) is 11.3 Å². The summed E-state index contributed by atoms with van der Waals surface area (Å²) in [6.45, 7) is 5.66. The van der Waals surface area contributed by atoms with E-state index in [0.29, 0.717) is 21.7 Å². The average molecular weight is 304 g/mol. The highest BCUT2D eigenvalue weighted by atomic mass is 32.1. The number of carbonyl (C=O) groups excluding carboxylic acids is 1. The molecule has 0 amide bonds. The Bertz CT molecular complexity index is 637. The van der Waals surface area contributed by atoms with Gasteiger partial charge in [0, 0.05) is 32.2 Å². The molecule has 3 rings (SSSR count). The first kappa shape index (κ1) is 13.9. The molecule has 1 aliphatic heterocycles. The van der Waals surface area contributed by atoms with Gasteiger partial charge >= 0.3 is 0 Å². The summed E-state index contributed by atoms with van der Waals surface area (Å²) in [4.78, 5) is 26.5. The fraction of sp³-hybridized carbons (Fsp3) is 0.385. The lowest BCUT2D eigenvalue weighted by molar-refractivity contribution is 0.112. The van der Waals surface area contributed by atoms with E-state index in [-0.39, 0.29) is 0 Å². The number of hydrogen-bond donors (Lipinski definition) is 2. The number of thiazole rings is 1. The molecule has 8 heteroatoms. The van der Waals surface area contributed by atoms with Crippen molar-refractivity contribution in [2.45, 2.75) is 6.92 Å². The summed E-state index contributed by atoms with van der Waals surface area (Å²) < 4.78 is 0. The van der Waals surface area contributed by atoms with Gasteiger partial charge in [0.05, 0.1) is 11.1 Å². The minimum Gasteiger partial charge on any atom is -0.354 e. The summed E-state index contributed by atoms with van der Waals surface area (Å²) in [5.41, 5.74) is 0. The van der Waals surface area contributed by atoms with E-state index >= 15 is 0 Å². The zero-order valence-corrected chi connectivity index (χ0v) is 12.5. The molecule has 0 saturated carbocycles. The first-order valence-electron chi connectivity index (χ1n) is 6.74. The van der Waals surface area contributed by atoms with Gasteiger partial charge in [-0.05, 0) is 6.92 Å². The largest absolute Gasteiger partial charge is 0.354 e. The molecule has 21 heavy (non-hydrogen) atoms. The van der Waals surface area contributed by atoms with Gasteiger partial charge in [0.1, 0.15) is 17.5 Å². The average Bonchev–Trinajstić information content (AvgIpc) is 2.95. The van der Waals surface area contributed by atoms with Crippen LogP contribution >= 0.6 is 11.3 Å². The van der Waals surface area contributed by atoms with Crippen LogP contribution in [0.2, 0.25) is 0 Å². The molecule has 7 nitrogen and oxygen atoms in total. The third kappa shape index (κ3) is 3.34. The van der Waals surface area contributed by atoms with Gasteiger partial charge < -0.3 is 15.5 Å². The van der Waals surface area contributed by atoms with E-state index in [9.17, 15) is 4.79 Å². The number of aldehydes is 1. The quantitative estimate of drug-likeness (QED) is 0.821. The van der Waals surface area contributed by atoms with Crippen LogP contribution in [-0.4, -0.2) is 47.4 Å². The van der Waals surface area contributed by atoms with Crippen molar-refractivity contribution in [3.8, 4) is 0 Å². The normalized spacial score (nSPS) is 15.0. The van der Waals surface area contributed by atoms with Gasteiger partial charge in [0.15, 0.2) is 11.4 Å². The second kappa shape index (κ2) is 6.15. The summed E-state index contributed by atoms with van der Waals surface area (Å²) in [6.07, 6.45) is 2.34. The Labute approximate surface area is 126 Å². The lowest BCUT2D eigenvalue weighted by Gasteiger charge is -2.28. The molecule has 2 aromatic heterocycles. The van der Waals surface area contributed by atoms with Gasteiger partial charge in [-0.2, -0.15) is 0 Å². The maximum absolute atomic E-state index is 10.7.